The zero-order valence-corrected chi connectivity index (χ0v) is 16.0. The molecule has 0 radical (unpaired) electrons. The van der Waals surface area contributed by atoms with Crippen molar-refractivity contribution in [3.8, 4) is 0 Å². The van der Waals surface area contributed by atoms with E-state index in [0.29, 0.717) is 12.5 Å². The molecule has 0 amide bonds. The van der Waals surface area contributed by atoms with Gasteiger partial charge < -0.3 is 14.8 Å². The number of nitrogens with one attached hydrogen (secondary N) is 1. The Labute approximate surface area is 158 Å². The molecular weight excluding hydrogens is 348 g/mol. The maximum atomic E-state index is 6.30. The highest BCUT2D eigenvalue weighted by molar-refractivity contribution is 7.11. The van der Waals surface area contributed by atoms with Gasteiger partial charge in [0.15, 0.2) is 0 Å². The highest BCUT2D eigenvalue weighted by Crippen LogP contribution is 2.33. The Morgan fingerprint density at radius 2 is 2.35 bits per heavy atom. The van der Waals surface area contributed by atoms with Gasteiger partial charge in [-0.2, -0.15) is 0 Å². The number of ether oxygens (including phenoxy) is 2. The van der Waals surface area contributed by atoms with Crippen LogP contribution in [0.2, 0.25) is 0 Å². The average molecular weight is 375 g/mol. The number of hydrogen-bond acceptors (Lipinski definition) is 7. The minimum absolute atomic E-state index is 0.183. The Morgan fingerprint density at radius 1 is 1.38 bits per heavy atom. The Balaban J connectivity index is 1.34. The van der Waals surface area contributed by atoms with Crippen molar-refractivity contribution in [2.75, 3.05) is 44.8 Å². The highest BCUT2D eigenvalue weighted by atomic mass is 32.1. The van der Waals surface area contributed by atoms with E-state index in [9.17, 15) is 0 Å². The van der Waals surface area contributed by atoms with E-state index in [-0.39, 0.29) is 5.60 Å². The maximum absolute atomic E-state index is 6.30. The summed E-state index contributed by atoms with van der Waals surface area (Å²) in [4.78, 5) is 13.6. The van der Waals surface area contributed by atoms with Crippen LogP contribution in [0.3, 0.4) is 0 Å². The lowest BCUT2D eigenvalue weighted by Gasteiger charge is -2.31. The van der Waals surface area contributed by atoms with E-state index in [4.69, 9.17) is 9.47 Å². The summed E-state index contributed by atoms with van der Waals surface area (Å²) in [5.74, 6) is 1.28. The topological polar surface area (TPSA) is 59.5 Å². The van der Waals surface area contributed by atoms with Gasteiger partial charge in [-0.3, -0.25) is 9.88 Å². The van der Waals surface area contributed by atoms with Gasteiger partial charge in [-0.1, -0.05) is 0 Å². The molecule has 0 aromatic carbocycles. The van der Waals surface area contributed by atoms with Gasteiger partial charge in [0, 0.05) is 54.2 Å². The second kappa shape index (κ2) is 8.00. The van der Waals surface area contributed by atoms with Crippen molar-refractivity contribution in [3.63, 3.8) is 0 Å². The number of aryl methyl sites for hydroxylation is 1. The lowest BCUT2D eigenvalue weighted by Crippen LogP contribution is -2.43. The van der Waals surface area contributed by atoms with Gasteiger partial charge in [0.05, 0.1) is 26.0 Å². The van der Waals surface area contributed by atoms with Crippen molar-refractivity contribution < 1.29 is 9.47 Å². The smallest absolute Gasteiger partial charge is 0.144 e. The van der Waals surface area contributed by atoms with Crippen LogP contribution in [0.25, 0.3) is 0 Å². The number of rotatable bonds is 5. The van der Waals surface area contributed by atoms with Crippen LogP contribution in [-0.2, 0) is 16.0 Å². The second-order valence-electron chi connectivity index (χ2n) is 7.31. The second-order valence-corrected chi connectivity index (χ2v) is 8.68. The van der Waals surface area contributed by atoms with Gasteiger partial charge in [-0.25, -0.2) is 4.98 Å². The van der Waals surface area contributed by atoms with Gasteiger partial charge >= 0.3 is 0 Å². The number of thiophene rings is 1. The van der Waals surface area contributed by atoms with E-state index in [1.807, 2.05) is 11.3 Å². The van der Waals surface area contributed by atoms with Gasteiger partial charge in [0.25, 0.3) is 0 Å². The fraction of sp³-hybridized carbons (Fsp3) is 0.579. The molecule has 6 nitrogen and oxygen atoms in total. The molecule has 7 heteroatoms. The maximum Gasteiger partial charge on any atom is 0.144 e. The first-order valence-corrected chi connectivity index (χ1v) is 10.0. The van der Waals surface area contributed by atoms with Gasteiger partial charge in [-0.05, 0) is 25.5 Å². The van der Waals surface area contributed by atoms with E-state index >= 15 is 0 Å². The Morgan fingerprint density at radius 3 is 3.15 bits per heavy atom. The van der Waals surface area contributed by atoms with Crippen molar-refractivity contribution in [2.45, 2.75) is 25.5 Å². The molecule has 2 aromatic heterocycles. The molecule has 4 rings (SSSR count). The van der Waals surface area contributed by atoms with Crippen LogP contribution in [-0.4, -0.2) is 59.9 Å². The lowest BCUT2D eigenvalue weighted by atomic mass is 9.94. The Hall–Kier alpha value is -1.54. The SMILES string of the molecule is Cc1ccc(CN2CCOC[C@@]3(C[C@@H](CNc4cnccn4)CO3)C2)s1. The average Bonchev–Trinajstić information content (AvgIpc) is 3.18. The molecule has 0 bridgehead atoms. The Kier molecular flexibility index (Phi) is 5.49. The number of nitrogens with zero attached hydrogens (tertiary/aromatic N) is 3. The molecule has 140 valence electrons. The normalized spacial score (nSPS) is 26.9. The monoisotopic (exact) mass is 374 g/mol. The third-order valence-electron chi connectivity index (χ3n) is 5.03. The van der Waals surface area contributed by atoms with Gasteiger partial charge in [-0.15, -0.1) is 11.3 Å². The van der Waals surface area contributed by atoms with E-state index in [0.717, 1.165) is 51.6 Å². The van der Waals surface area contributed by atoms with Crippen LogP contribution in [0.5, 0.6) is 0 Å². The number of aromatic nitrogens is 2. The largest absolute Gasteiger partial charge is 0.377 e. The summed E-state index contributed by atoms with van der Waals surface area (Å²) in [5.41, 5.74) is -0.183. The summed E-state index contributed by atoms with van der Waals surface area (Å²) < 4.78 is 12.2. The number of anilines is 1. The van der Waals surface area contributed by atoms with Crippen LogP contribution < -0.4 is 5.32 Å². The Bertz CT molecular complexity index is 711. The summed E-state index contributed by atoms with van der Waals surface area (Å²) in [6.07, 6.45) is 6.16. The summed E-state index contributed by atoms with van der Waals surface area (Å²) in [7, 11) is 0. The fourth-order valence-electron chi connectivity index (χ4n) is 3.83. The molecule has 0 aliphatic carbocycles. The van der Waals surface area contributed by atoms with E-state index in [2.05, 4.69) is 39.2 Å². The molecule has 2 fully saturated rings. The quantitative estimate of drug-likeness (QED) is 0.868. The summed E-state index contributed by atoms with van der Waals surface area (Å²) in [5, 5.41) is 3.37. The van der Waals surface area contributed by atoms with Gasteiger partial charge in [0.1, 0.15) is 11.4 Å². The molecule has 0 saturated carbocycles. The van der Waals surface area contributed by atoms with Crippen molar-refractivity contribution in [2.24, 2.45) is 5.92 Å². The van der Waals surface area contributed by atoms with Crippen LogP contribution in [0, 0.1) is 12.8 Å². The predicted octanol–water partition coefficient (Wildman–Crippen LogP) is 2.57. The molecule has 2 aliphatic heterocycles. The molecule has 2 atom stereocenters. The highest BCUT2D eigenvalue weighted by Gasteiger charge is 2.43. The first-order chi connectivity index (χ1) is 12.7. The van der Waals surface area contributed by atoms with Crippen molar-refractivity contribution in [1.82, 2.24) is 14.9 Å². The standard InChI is InChI=1S/C19H26N4O2S/c1-15-2-3-17(26-15)11-23-6-7-24-14-19(13-23)8-16(12-25-19)9-22-18-10-20-4-5-21-18/h2-5,10,16H,6-9,11-14H2,1H3,(H,21,22)/t16-,19+/m0/s1. The third kappa shape index (κ3) is 4.40. The molecule has 26 heavy (non-hydrogen) atoms. The summed E-state index contributed by atoms with van der Waals surface area (Å²) in [6.45, 7) is 8.13. The molecule has 0 unspecified atom stereocenters. The molecule has 2 aromatic rings. The van der Waals surface area contributed by atoms with E-state index < -0.39 is 0 Å². The first kappa shape index (κ1) is 17.9. The minimum Gasteiger partial charge on any atom is -0.377 e. The molecule has 4 heterocycles. The molecule has 1 N–H and O–H groups in total. The van der Waals surface area contributed by atoms with Crippen molar-refractivity contribution in [3.05, 3.63) is 40.5 Å². The van der Waals surface area contributed by atoms with Crippen LogP contribution >= 0.6 is 11.3 Å². The molecule has 1 spiro atoms. The minimum atomic E-state index is -0.183. The van der Waals surface area contributed by atoms with Gasteiger partial charge in [0.2, 0.25) is 0 Å². The zero-order valence-electron chi connectivity index (χ0n) is 15.2. The van der Waals surface area contributed by atoms with Crippen LogP contribution in [0.15, 0.2) is 30.7 Å². The van der Waals surface area contributed by atoms with E-state index in [1.54, 1.807) is 18.6 Å². The first-order valence-electron chi connectivity index (χ1n) is 9.20. The summed E-state index contributed by atoms with van der Waals surface area (Å²) >= 11 is 1.88. The molecule has 2 aliphatic rings. The van der Waals surface area contributed by atoms with Crippen molar-refractivity contribution in [1.29, 1.82) is 0 Å². The van der Waals surface area contributed by atoms with Crippen LogP contribution in [0.4, 0.5) is 5.82 Å². The number of hydrogen-bond donors (Lipinski definition) is 1. The predicted molar refractivity (Wildman–Crippen MR) is 102 cm³/mol. The van der Waals surface area contributed by atoms with Crippen LogP contribution in [0.1, 0.15) is 16.2 Å². The lowest BCUT2D eigenvalue weighted by molar-refractivity contribution is -0.0561. The summed E-state index contributed by atoms with van der Waals surface area (Å²) in [6, 6.07) is 4.44. The molecular formula is C19H26N4O2S. The van der Waals surface area contributed by atoms with Crippen molar-refractivity contribution >= 4 is 17.2 Å². The van der Waals surface area contributed by atoms with E-state index in [1.165, 1.54) is 9.75 Å². The fourth-order valence-corrected chi connectivity index (χ4v) is 4.76. The zero-order chi connectivity index (χ0) is 17.8. The third-order valence-corrected chi connectivity index (χ3v) is 6.01. The molecule has 2 saturated heterocycles.